The third kappa shape index (κ3) is 5.21. The number of anilines is 1. The zero-order valence-corrected chi connectivity index (χ0v) is 10.0. The van der Waals surface area contributed by atoms with Gasteiger partial charge in [-0.2, -0.15) is 0 Å². The standard InChI is InChI=1S/C12H19N3O2/c1-17-11-6-4-5-10(9-11)15-12(16)14-8-3-2-7-13/h4-6,9H,2-3,7-8,13H2,1H3,(H2,14,15,16). The Morgan fingerprint density at radius 3 is 2.94 bits per heavy atom. The lowest BCUT2D eigenvalue weighted by molar-refractivity contribution is 0.252. The smallest absolute Gasteiger partial charge is 0.319 e. The maximum Gasteiger partial charge on any atom is 0.319 e. The molecule has 0 saturated heterocycles. The fourth-order valence-corrected chi connectivity index (χ4v) is 1.35. The number of urea groups is 1. The number of carbonyl (C=O) groups excluding carboxylic acids is 1. The Morgan fingerprint density at radius 2 is 2.24 bits per heavy atom. The Balaban J connectivity index is 2.34. The second-order valence-electron chi connectivity index (χ2n) is 3.61. The van der Waals surface area contributed by atoms with Gasteiger partial charge in [0.05, 0.1) is 7.11 Å². The van der Waals surface area contributed by atoms with Gasteiger partial charge in [-0.25, -0.2) is 4.79 Å². The molecule has 0 spiro atoms. The number of nitrogens with two attached hydrogens (primary N) is 1. The molecule has 94 valence electrons. The van der Waals surface area contributed by atoms with Crippen LogP contribution in [0.15, 0.2) is 24.3 Å². The molecular formula is C12H19N3O2. The summed E-state index contributed by atoms with van der Waals surface area (Å²) in [6, 6.07) is 7.00. The van der Waals surface area contributed by atoms with Crippen molar-refractivity contribution < 1.29 is 9.53 Å². The van der Waals surface area contributed by atoms with E-state index in [1.54, 1.807) is 13.2 Å². The minimum atomic E-state index is -0.213. The van der Waals surface area contributed by atoms with Gasteiger partial charge in [0.2, 0.25) is 0 Å². The Labute approximate surface area is 101 Å². The monoisotopic (exact) mass is 237 g/mol. The summed E-state index contributed by atoms with van der Waals surface area (Å²) in [6.45, 7) is 1.28. The lowest BCUT2D eigenvalue weighted by atomic mass is 10.3. The highest BCUT2D eigenvalue weighted by molar-refractivity contribution is 5.89. The molecule has 0 radical (unpaired) electrons. The molecule has 0 unspecified atom stereocenters. The molecule has 0 aliphatic rings. The molecule has 0 aliphatic carbocycles. The fourth-order valence-electron chi connectivity index (χ4n) is 1.35. The average Bonchev–Trinajstić information content (AvgIpc) is 2.35. The van der Waals surface area contributed by atoms with E-state index in [0.717, 1.165) is 12.8 Å². The molecule has 1 aromatic rings. The molecule has 0 fully saturated rings. The summed E-state index contributed by atoms with van der Waals surface area (Å²) in [6.07, 6.45) is 1.81. The number of rotatable bonds is 6. The van der Waals surface area contributed by atoms with Gasteiger partial charge in [0.15, 0.2) is 0 Å². The fraction of sp³-hybridized carbons (Fsp3) is 0.417. The second kappa shape index (κ2) is 7.51. The number of benzene rings is 1. The van der Waals surface area contributed by atoms with Crippen LogP contribution in [-0.2, 0) is 0 Å². The van der Waals surface area contributed by atoms with Crippen LogP contribution in [0.1, 0.15) is 12.8 Å². The van der Waals surface area contributed by atoms with E-state index in [4.69, 9.17) is 10.5 Å². The van der Waals surface area contributed by atoms with Gasteiger partial charge in [-0.05, 0) is 31.5 Å². The average molecular weight is 237 g/mol. The van der Waals surface area contributed by atoms with E-state index in [1.165, 1.54) is 0 Å². The summed E-state index contributed by atoms with van der Waals surface area (Å²) < 4.78 is 5.06. The van der Waals surface area contributed by atoms with Crippen molar-refractivity contribution in [3.63, 3.8) is 0 Å². The molecule has 0 bridgehead atoms. The molecule has 5 heteroatoms. The van der Waals surface area contributed by atoms with Gasteiger partial charge in [-0.15, -0.1) is 0 Å². The van der Waals surface area contributed by atoms with Crippen molar-refractivity contribution in [2.24, 2.45) is 5.73 Å². The van der Waals surface area contributed by atoms with Crippen LogP contribution in [0.4, 0.5) is 10.5 Å². The molecule has 0 aromatic heterocycles. The van der Waals surface area contributed by atoms with E-state index in [9.17, 15) is 4.79 Å². The number of methoxy groups -OCH3 is 1. The number of ether oxygens (including phenoxy) is 1. The topological polar surface area (TPSA) is 76.4 Å². The maximum atomic E-state index is 11.5. The van der Waals surface area contributed by atoms with Crippen molar-refractivity contribution in [3.8, 4) is 5.75 Å². The number of nitrogens with one attached hydrogen (secondary N) is 2. The van der Waals surface area contributed by atoms with Gasteiger partial charge in [-0.1, -0.05) is 6.07 Å². The maximum absolute atomic E-state index is 11.5. The molecule has 1 rings (SSSR count). The van der Waals surface area contributed by atoms with E-state index in [1.807, 2.05) is 18.2 Å². The number of unbranched alkanes of at least 4 members (excludes halogenated alkanes) is 1. The first kappa shape index (κ1) is 13.3. The highest BCUT2D eigenvalue weighted by atomic mass is 16.5. The Bertz CT molecular complexity index is 355. The Hall–Kier alpha value is -1.75. The molecule has 0 heterocycles. The second-order valence-corrected chi connectivity index (χ2v) is 3.61. The van der Waals surface area contributed by atoms with Crippen molar-refractivity contribution in [1.82, 2.24) is 5.32 Å². The molecule has 0 saturated carbocycles. The van der Waals surface area contributed by atoms with E-state index >= 15 is 0 Å². The summed E-state index contributed by atoms with van der Waals surface area (Å²) in [4.78, 5) is 11.5. The first-order chi connectivity index (χ1) is 8.26. The summed E-state index contributed by atoms with van der Waals surface area (Å²) in [5.41, 5.74) is 6.07. The zero-order chi connectivity index (χ0) is 12.5. The first-order valence-corrected chi connectivity index (χ1v) is 5.65. The number of amides is 2. The van der Waals surface area contributed by atoms with Crippen LogP contribution in [0.25, 0.3) is 0 Å². The summed E-state index contributed by atoms with van der Waals surface area (Å²) >= 11 is 0. The molecule has 17 heavy (non-hydrogen) atoms. The van der Waals surface area contributed by atoms with Crippen LogP contribution in [-0.4, -0.2) is 26.2 Å². The molecule has 0 atom stereocenters. The van der Waals surface area contributed by atoms with E-state index in [2.05, 4.69) is 10.6 Å². The molecular weight excluding hydrogens is 218 g/mol. The normalized spacial score (nSPS) is 9.76. The Kier molecular flexibility index (Phi) is 5.88. The molecule has 0 aliphatic heterocycles. The van der Waals surface area contributed by atoms with Gasteiger partial charge in [0, 0.05) is 18.3 Å². The summed E-state index contributed by atoms with van der Waals surface area (Å²) in [5, 5.41) is 5.49. The van der Waals surface area contributed by atoms with Crippen LogP contribution >= 0.6 is 0 Å². The zero-order valence-electron chi connectivity index (χ0n) is 10.0. The van der Waals surface area contributed by atoms with Gasteiger partial charge >= 0.3 is 6.03 Å². The summed E-state index contributed by atoms with van der Waals surface area (Å²) in [7, 11) is 1.59. The largest absolute Gasteiger partial charge is 0.497 e. The minimum absolute atomic E-state index is 0.213. The number of hydrogen-bond acceptors (Lipinski definition) is 3. The van der Waals surface area contributed by atoms with Gasteiger partial charge in [0.1, 0.15) is 5.75 Å². The van der Waals surface area contributed by atoms with E-state index in [-0.39, 0.29) is 6.03 Å². The van der Waals surface area contributed by atoms with Crippen molar-refractivity contribution in [2.45, 2.75) is 12.8 Å². The quantitative estimate of drug-likeness (QED) is 0.657. The molecule has 1 aromatic carbocycles. The number of hydrogen-bond donors (Lipinski definition) is 3. The lowest BCUT2D eigenvalue weighted by Crippen LogP contribution is -2.29. The van der Waals surface area contributed by atoms with Crippen molar-refractivity contribution >= 4 is 11.7 Å². The van der Waals surface area contributed by atoms with Crippen LogP contribution in [0.2, 0.25) is 0 Å². The predicted octanol–water partition coefficient (Wildman–Crippen LogP) is 1.56. The van der Waals surface area contributed by atoms with Crippen molar-refractivity contribution in [1.29, 1.82) is 0 Å². The van der Waals surface area contributed by atoms with Gasteiger partial charge < -0.3 is 21.1 Å². The lowest BCUT2D eigenvalue weighted by Gasteiger charge is -2.08. The predicted molar refractivity (Wildman–Crippen MR) is 68.3 cm³/mol. The van der Waals surface area contributed by atoms with E-state index < -0.39 is 0 Å². The third-order valence-corrected chi connectivity index (χ3v) is 2.24. The van der Waals surface area contributed by atoms with Gasteiger partial charge in [-0.3, -0.25) is 0 Å². The van der Waals surface area contributed by atoms with Crippen molar-refractivity contribution in [3.05, 3.63) is 24.3 Å². The SMILES string of the molecule is COc1cccc(NC(=O)NCCCCN)c1. The first-order valence-electron chi connectivity index (χ1n) is 5.65. The Morgan fingerprint density at radius 1 is 1.41 bits per heavy atom. The van der Waals surface area contributed by atoms with Crippen LogP contribution in [0.5, 0.6) is 5.75 Å². The summed E-state index contributed by atoms with van der Waals surface area (Å²) in [5.74, 6) is 0.714. The number of carbonyl (C=O) groups is 1. The minimum Gasteiger partial charge on any atom is -0.497 e. The van der Waals surface area contributed by atoms with Crippen LogP contribution in [0, 0.1) is 0 Å². The van der Waals surface area contributed by atoms with Crippen LogP contribution in [0.3, 0.4) is 0 Å². The molecule has 4 N–H and O–H groups in total. The molecule has 2 amide bonds. The van der Waals surface area contributed by atoms with Crippen LogP contribution < -0.4 is 21.1 Å². The highest BCUT2D eigenvalue weighted by Crippen LogP contribution is 2.16. The third-order valence-electron chi connectivity index (χ3n) is 2.24. The van der Waals surface area contributed by atoms with E-state index in [0.29, 0.717) is 24.5 Å². The van der Waals surface area contributed by atoms with Crippen molar-refractivity contribution in [2.75, 3.05) is 25.5 Å². The van der Waals surface area contributed by atoms with Gasteiger partial charge in [0.25, 0.3) is 0 Å². The molecule has 5 nitrogen and oxygen atoms in total. The highest BCUT2D eigenvalue weighted by Gasteiger charge is 2.01.